The van der Waals surface area contributed by atoms with Gasteiger partial charge in [0.15, 0.2) is 0 Å². The molecule has 0 unspecified atom stereocenters. The fourth-order valence-electron chi connectivity index (χ4n) is 2.38. The number of carbonyl (C=O) groups excluding carboxylic acids is 2. The number of rotatable bonds is 6. The quantitative estimate of drug-likeness (QED) is 0.321. The van der Waals surface area contributed by atoms with Crippen LogP contribution in [0.1, 0.15) is 11.1 Å². The average molecular weight is 470 g/mol. The van der Waals surface area contributed by atoms with Crippen molar-refractivity contribution < 1.29 is 18.7 Å². The maximum Gasteiger partial charge on any atom is 0.329 e. The van der Waals surface area contributed by atoms with Gasteiger partial charge in [-0.05, 0) is 71.8 Å². The summed E-state index contributed by atoms with van der Waals surface area (Å²) in [5, 5.41) is 6.25. The van der Waals surface area contributed by atoms with E-state index in [2.05, 4.69) is 31.8 Å². The molecule has 2 N–H and O–H groups in total. The van der Waals surface area contributed by atoms with E-state index < -0.39 is 11.8 Å². The van der Waals surface area contributed by atoms with Crippen LogP contribution in [0.15, 0.2) is 82.4 Å². The number of anilines is 1. The molecule has 0 heterocycles. The van der Waals surface area contributed by atoms with Gasteiger partial charge in [-0.3, -0.25) is 9.59 Å². The number of ether oxygens (including phenoxy) is 1. The molecule has 0 aliphatic carbocycles. The summed E-state index contributed by atoms with van der Waals surface area (Å²) >= 11 is 3.29. The second kappa shape index (κ2) is 10.3. The lowest BCUT2D eigenvalue weighted by Gasteiger charge is -2.06. The van der Waals surface area contributed by atoms with E-state index in [9.17, 15) is 14.0 Å². The van der Waals surface area contributed by atoms with Gasteiger partial charge < -0.3 is 10.1 Å². The Hall–Kier alpha value is -3.52. The third-order valence-corrected chi connectivity index (χ3v) is 4.39. The van der Waals surface area contributed by atoms with Crippen LogP contribution in [0.4, 0.5) is 10.1 Å². The van der Waals surface area contributed by atoms with Gasteiger partial charge in [-0.15, -0.1) is 0 Å². The molecular weight excluding hydrogens is 453 g/mol. The fraction of sp³-hybridized carbons (Fsp3) is 0.0455. The molecule has 0 spiro atoms. The largest absolute Gasteiger partial charge is 0.489 e. The highest BCUT2D eigenvalue weighted by Crippen LogP contribution is 2.15. The standard InChI is InChI=1S/C22H17BrFN3O3/c23-17-6-8-19(9-7-17)26-21(28)22(29)27-25-13-15-4-10-20(11-5-15)30-14-16-2-1-3-18(24)12-16/h1-13H,14H2,(H,26,28)(H,27,29)/b25-13+. The van der Waals surface area contributed by atoms with E-state index in [-0.39, 0.29) is 12.4 Å². The fourth-order valence-corrected chi connectivity index (χ4v) is 2.65. The van der Waals surface area contributed by atoms with Crippen LogP contribution in [-0.2, 0) is 16.2 Å². The van der Waals surface area contributed by atoms with Gasteiger partial charge in [0, 0.05) is 10.2 Å². The van der Waals surface area contributed by atoms with Crippen molar-refractivity contribution in [3.05, 3.63) is 94.2 Å². The third-order valence-electron chi connectivity index (χ3n) is 3.86. The minimum Gasteiger partial charge on any atom is -0.489 e. The molecule has 0 atom stereocenters. The Kier molecular flexibility index (Phi) is 7.29. The maximum absolute atomic E-state index is 13.2. The molecule has 3 rings (SSSR count). The predicted octanol–water partition coefficient (Wildman–Crippen LogP) is 4.26. The first-order chi connectivity index (χ1) is 14.5. The van der Waals surface area contributed by atoms with Gasteiger partial charge in [-0.25, -0.2) is 9.82 Å². The highest BCUT2D eigenvalue weighted by molar-refractivity contribution is 9.10. The van der Waals surface area contributed by atoms with Crippen LogP contribution in [0, 0.1) is 5.82 Å². The van der Waals surface area contributed by atoms with Gasteiger partial charge in [0.05, 0.1) is 6.21 Å². The van der Waals surface area contributed by atoms with Crippen molar-refractivity contribution in [2.45, 2.75) is 6.61 Å². The van der Waals surface area contributed by atoms with E-state index in [0.29, 0.717) is 17.0 Å². The first-order valence-corrected chi connectivity index (χ1v) is 9.66. The number of carbonyl (C=O) groups is 2. The summed E-state index contributed by atoms with van der Waals surface area (Å²) in [7, 11) is 0. The first-order valence-electron chi connectivity index (χ1n) is 8.87. The number of hydrogen-bond donors (Lipinski definition) is 2. The number of benzene rings is 3. The second-order valence-corrected chi connectivity index (χ2v) is 7.06. The number of hydrogen-bond acceptors (Lipinski definition) is 4. The molecule has 0 saturated carbocycles. The van der Waals surface area contributed by atoms with Gasteiger partial charge >= 0.3 is 11.8 Å². The highest BCUT2D eigenvalue weighted by atomic mass is 79.9. The van der Waals surface area contributed by atoms with Crippen molar-refractivity contribution in [3.63, 3.8) is 0 Å². The minimum absolute atomic E-state index is 0.245. The summed E-state index contributed by atoms with van der Waals surface area (Å²) in [4.78, 5) is 23.7. The second-order valence-electron chi connectivity index (χ2n) is 6.15. The van der Waals surface area contributed by atoms with Crippen molar-refractivity contribution in [3.8, 4) is 5.75 Å². The van der Waals surface area contributed by atoms with E-state index in [4.69, 9.17) is 4.74 Å². The Morgan fingerprint density at radius 3 is 2.43 bits per heavy atom. The van der Waals surface area contributed by atoms with E-state index in [1.54, 1.807) is 60.7 Å². The zero-order valence-corrected chi connectivity index (χ0v) is 17.2. The average Bonchev–Trinajstić information content (AvgIpc) is 2.75. The molecule has 0 radical (unpaired) electrons. The van der Waals surface area contributed by atoms with Crippen LogP contribution >= 0.6 is 15.9 Å². The van der Waals surface area contributed by atoms with Gasteiger partial charge in [-0.2, -0.15) is 5.10 Å². The van der Waals surface area contributed by atoms with Crippen molar-refractivity contribution in [2.75, 3.05) is 5.32 Å². The van der Waals surface area contributed by atoms with Crippen LogP contribution in [-0.4, -0.2) is 18.0 Å². The number of hydrazone groups is 1. The monoisotopic (exact) mass is 469 g/mol. The van der Waals surface area contributed by atoms with Crippen molar-refractivity contribution >= 4 is 39.6 Å². The molecule has 0 fully saturated rings. The highest BCUT2D eigenvalue weighted by Gasteiger charge is 2.12. The summed E-state index contributed by atoms with van der Waals surface area (Å²) in [5.74, 6) is -1.41. The predicted molar refractivity (Wildman–Crippen MR) is 116 cm³/mol. The Bertz CT molecular complexity index is 1050. The van der Waals surface area contributed by atoms with Crippen LogP contribution in [0.3, 0.4) is 0 Å². The topological polar surface area (TPSA) is 79.8 Å². The number of halogens is 2. The molecule has 3 aromatic carbocycles. The first kappa shape index (κ1) is 21.2. The number of amides is 2. The minimum atomic E-state index is -0.885. The van der Waals surface area contributed by atoms with Crippen LogP contribution < -0.4 is 15.5 Å². The lowest BCUT2D eigenvalue weighted by molar-refractivity contribution is -0.136. The summed E-state index contributed by atoms with van der Waals surface area (Å²) in [6, 6.07) is 19.9. The molecule has 152 valence electrons. The molecular formula is C22H17BrFN3O3. The smallest absolute Gasteiger partial charge is 0.329 e. The van der Waals surface area contributed by atoms with Gasteiger partial charge in [-0.1, -0.05) is 28.1 Å². The van der Waals surface area contributed by atoms with E-state index in [1.807, 2.05) is 0 Å². The van der Waals surface area contributed by atoms with Gasteiger partial charge in [0.1, 0.15) is 18.2 Å². The number of nitrogens with zero attached hydrogens (tertiary/aromatic N) is 1. The number of nitrogens with one attached hydrogen (secondary N) is 2. The Morgan fingerprint density at radius 2 is 1.73 bits per heavy atom. The summed E-state index contributed by atoms with van der Waals surface area (Å²) in [5.41, 5.74) is 4.09. The van der Waals surface area contributed by atoms with Crippen molar-refractivity contribution in [2.24, 2.45) is 5.10 Å². The van der Waals surface area contributed by atoms with Crippen LogP contribution in [0.25, 0.3) is 0 Å². The molecule has 0 aliphatic rings. The molecule has 0 bridgehead atoms. The van der Waals surface area contributed by atoms with E-state index in [1.165, 1.54) is 18.3 Å². The summed E-state index contributed by atoms with van der Waals surface area (Å²) in [6.45, 7) is 0.245. The Labute approximate surface area is 180 Å². The van der Waals surface area contributed by atoms with Crippen molar-refractivity contribution in [1.29, 1.82) is 0 Å². The zero-order valence-electron chi connectivity index (χ0n) is 15.6. The summed E-state index contributed by atoms with van der Waals surface area (Å²) < 4.78 is 19.6. The SMILES string of the molecule is O=C(N/N=C/c1ccc(OCc2cccc(F)c2)cc1)C(=O)Nc1ccc(Br)cc1. The third kappa shape index (κ3) is 6.52. The van der Waals surface area contributed by atoms with Gasteiger partial charge in [0.25, 0.3) is 0 Å². The lowest BCUT2D eigenvalue weighted by atomic mass is 10.2. The molecule has 30 heavy (non-hydrogen) atoms. The molecule has 6 nitrogen and oxygen atoms in total. The molecule has 8 heteroatoms. The van der Waals surface area contributed by atoms with E-state index in [0.717, 1.165) is 10.0 Å². The normalized spacial score (nSPS) is 10.6. The Morgan fingerprint density at radius 1 is 1.00 bits per heavy atom. The van der Waals surface area contributed by atoms with Crippen molar-refractivity contribution in [1.82, 2.24) is 5.43 Å². The molecule has 0 saturated heterocycles. The Balaban J connectivity index is 1.46. The van der Waals surface area contributed by atoms with Crippen LogP contribution in [0.5, 0.6) is 5.75 Å². The lowest BCUT2D eigenvalue weighted by Crippen LogP contribution is -2.32. The van der Waals surface area contributed by atoms with E-state index >= 15 is 0 Å². The molecule has 0 aromatic heterocycles. The maximum atomic E-state index is 13.2. The molecule has 3 aromatic rings. The van der Waals surface area contributed by atoms with Crippen LogP contribution in [0.2, 0.25) is 0 Å². The van der Waals surface area contributed by atoms with Gasteiger partial charge in [0.2, 0.25) is 0 Å². The zero-order chi connectivity index (χ0) is 21.3. The molecule has 2 amide bonds. The molecule has 0 aliphatic heterocycles. The summed E-state index contributed by atoms with van der Waals surface area (Å²) in [6.07, 6.45) is 1.40.